The number of thiophene rings is 1. The van der Waals surface area contributed by atoms with Crippen molar-refractivity contribution in [3.8, 4) is 0 Å². The quantitative estimate of drug-likeness (QED) is 0.654. The largest absolute Gasteiger partial charge is 0.374 e. The summed E-state index contributed by atoms with van der Waals surface area (Å²) in [6, 6.07) is 0.0448. The van der Waals surface area contributed by atoms with Gasteiger partial charge < -0.3 is 9.64 Å². The average molecular weight is 306 g/mol. The molecule has 2 heterocycles. The van der Waals surface area contributed by atoms with Crippen molar-refractivity contribution >= 4 is 27.3 Å². The topological polar surface area (TPSA) is 50.5 Å². The van der Waals surface area contributed by atoms with Crippen LogP contribution in [0, 0.1) is 0 Å². The van der Waals surface area contributed by atoms with Gasteiger partial charge in [-0.1, -0.05) is 0 Å². The molecule has 0 spiro atoms. The summed E-state index contributed by atoms with van der Waals surface area (Å²) < 4.78 is 6.87. The van der Waals surface area contributed by atoms with E-state index in [0.717, 1.165) is 24.2 Å². The van der Waals surface area contributed by atoms with Crippen LogP contribution >= 0.6 is 27.3 Å². The summed E-state index contributed by atoms with van der Waals surface area (Å²) in [4.78, 5) is 2.26. The first-order valence-corrected chi connectivity index (χ1v) is 6.94. The first-order chi connectivity index (χ1) is 7.72. The highest BCUT2D eigenvalue weighted by Gasteiger charge is 2.28. The number of nitrogens with one attached hydrogen (secondary N) is 1. The van der Waals surface area contributed by atoms with Gasteiger partial charge >= 0.3 is 0 Å². The zero-order chi connectivity index (χ0) is 11.5. The fourth-order valence-electron chi connectivity index (χ4n) is 1.92. The van der Waals surface area contributed by atoms with Gasteiger partial charge in [0.05, 0.1) is 18.8 Å². The second-order valence-electron chi connectivity index (χ2n) is 3.99. The number of likely N-dealkylation sites (N-methyl/N-ethyl adjacent to an activating group) is 1. The molecule has 2 atom stereocenters. The van der Waals surface area contributed by atoms with Crippen molar-refractivity contribution in [3.63, 3.8) is 0 Å². The summed E-state index contributed by atoms with van der Waals surface area (Å²) in [6.45, 7) is 2.65. The van der Waals surface area contributed by atoms with Crippen molar-refractivity contribution < 1.29 is 4.74 Å². The summed E-state index contributed by atoms with van der Waals surface area (Å²) in [6.07, 6.45) is 0.106. The van der Waals surface area contributed by atoms with Crippen LogP contribution in [0.15, 0.2) is 15.2 Å². The molecule has 1 fully saturated rings. The molecule has 0 aromatic carbocycles. The lowest BCUT2D eigenvalue weighted by Crippen LogP contribution is -2.48. The maximum atomic E-state index is 5.78. The Hall–Kier alpha value is 0.0200. The number of morpholine rings is 1. The van der Waals surface area contributed by atoms with Crippen molar-refractivity contribution in [2.24, 2.45) is 5.84 Å². The fraction of sp³-hybridized carbons (Fsp3) is 0.600. The van der Waals surface area contributed by atoms with E-state index in [4.69, 9.17) is 10.6 Å². The monoisotopic (exact) mass is 305 g/mol. The van der Waals surface area contributed by atoms with Crippen molar-refractivity contribution in [2.75, 3.05) is 26.7 Å². The molecule has 2 unspecified atom stereocenters. The Morgan fingerprint density at radius 1 is 1.69 bits per heavy atom. The number of nitrogens with zero attached hydrogens (tertiary/aromatic N) is 1. The first-order valence-electron chi connectivity index (χ1n) is 5.20. The summed E-state index contributed by atoms with van der Waals surface area (Å²) in [5.74, 6) is 5.64. The molecule has 0 bridgehead atoms. The molecule has 0 amide bonds. The van der Waals surface area contributed by atoms with Crippen molar-refractivity contribution in [1.82, 2.24) is 10.3 Å². The van der Waals surface area contributed by atoms with Gasteiger partial charge in [0.1, 0.15) is 0 Å². The third-order valence-electron chi connectivity index (χ3n) is 2.83. The molecule has 90 valence electrons. The Morgan fingerprint density at radius 3 is 3.06 bits per heavy atom. The lowest BCUT2D eigenvalue weighted by molar-refractivity contribution is -0.0393. The molecular weight excluding hydrogens is 290 g/mol. The van der Waals surface area contributed by atoms with E-state index in [1.807, 2.05) is 0 Å². The second-order valence-corrected chi connectivity index (χ2v) is 5.59. The zero-order valence-corrected chi connectivity index (χ0v) is 11.6. The van der Waals surface area contributed by atoms with Crippen molar-refractivity contribution in [2.45, 2.75) is 12.1 Å². The summed E-state index contributed by atoms with van der Waals surface area (Å²) >= 11 is 5.20. The van der Waals surface area contributed by atoms with E-state index in [2.05, 4.69) is 44.1 Å². The summed E-state index contributed by atoms with van der Waals surface area (Å²) in [7, 11) is 2.10. The zero-order valence-electron chi connectivity index (χ0n) is 9.15. The molecule has 0 saturated carbocycles. The number of hydrazine groups is 1. The first kappa shape index (κ1) is 12.5. The van der Waals surface area contributed by atoms with Crippen LogP contribution in [0.25, 0.3) is 0 Å². The Morgan fingerprint density at radius 2 is 2.50 bits per heavy atom. The highest BCUT2D eigenvalue weighted by Crippen LogP contribution is 2.30. The van der Waals surface area contributed by atoms with E-state index in [0.29, 0.717) is 0 Å². The Labute approximate surface area is 108 Å². The molecule has 16 heavy (non-hydrogen) atoms. The molecule has 1 aliphatic rings. The maximum absolute atomic E-state index is 5.78. The minimum Gasteiger partial charge on any atom is -0.374 e. The number of ether oxygens (including phenoxy) is 1. The van der Waals surface area contributed by atoms with E-state index >= 15 is 0 Å². The van der Waals surface area contributed by atoms with E-state index in [1.165, 1.54) is 5.56 Å². The van der Waals surface area contributed by atoms with Gasteiger partial charge in [-0.25, -0.2) is 0 Å². The summed E-state index contributed by atoms with van der Waals surface area (Å²) in [5.41, 5.74) is 4.03. The third kappa shape index (κ3) is 2.64. The van der Waals surface area contributed by atoms with Crippen LogP contribution in [-0.4, -0.2) is 37.7 Å². The number of hydrogen-bond acceptors (Lipinski definition) is 5. The van der Waals surface area contributed by atoms with E-state index in [1.54, 1.807) is 11.3 Å². The van der Waals surface area contributed by atoms with Crippen LogP contribution in [-0.2, 0) is 4.74 Å². The predicted octanol–water partition coefficient (Wildman–Crippen LogP) is 1.35. The van der Waals surface area contributed by atoms with E-state index < -0.39 is 0 Å². The third-order valence-corrected chi connectivity index (χ3v) is 4.58. The van der Waals surface area contributed by atoms with Crippen molar-refractivity contribution in [3.05, 3.63) is 20.8 Å². The van der Waals surface area contributed by atoms with Gasteiger partial charge in [-0.3, -0.25) is 11.3 Å². The van der Waals surface area contributed by atoms with Crippen LogP contribution in [0.3, 0.4) is 0 Å². The molecule has 0 aliphatic carbocycles. The van der Waals surface area contributed by atoms with E-state index in [9.17, 15) is 0 Å². The van der Waals surface area contributed by atoms with Crippen LogP contribution in [0.1, 0.15) is 11.6 Å². The van der Waals surface area contributed by atoms with Crippen LogP contribution in [0.5, 0.6) is 0 Å². The van der Waals surface area contributed by atoms with Crippen molar-refractivity contribution in [1.29, 1.82) is 0 Å². The van der Waals surface area contributed by atoms with Gasteiger partial charge in [0.2, 0.25) is 0 Å². The van der Waals surface area contributed by atoms with Gasteiger partial charge in [0.25, 0.3) is 0 Å². The minimum absolute atomic E-state index is 0.0448. The molecule has 1 saturated heterocycles. The SMILES string of the molecule is CN1CCOC(C(NN)c2cscc2Br)C1. The number of nitrogens with two attached hydrogens (primary N) is 1. The van der Waals surface area contributed by atoms with E-state index in [-0.39, 0.29) is 12.1 Å². The minimum atomic E-state index is 0.0448. The standard InChI is InChI=1S/C10H16BrN3OS/c1-14-2-3-15-9(4-14)10(13-12)7-5-16-6-8(7)11/h5-6,9-10,13H,2-4,12H2,1H3. The van der Waals surface area contributed by atoms with Crippen LogP contribution in [0.2, 0.25) is 0 Å². The predicted molar refractivity (Wildman–Crippen MR) is 69.3 cm³/mol. The molecule has 1 aliphatic heterocycles. The fourth-order valence-corrected chi connectivity index (χ4v) is 3.50. The van der Waals surface area contributed by atoms with Crippen LogP contribution in [0.4, 0.5) is 0 Å². The molecule has 1 aromatic rings. The smallest absolute Gasteiger partial charge is 0.0910 e. The number of hydrogen-bond donors (Lipinski definition) is 2. The lowest BCUT2D eigenvalue weighted by Gasteiger charge is -2.34. The van der Waals surface area contributed by atoms with Gasteiger partial charge in [-0.15, -0.1) is 0 Å². The lowest BCUT2D eigenvalue weighted by atomic mass is 10.0. The molecule has 2 rings (SSSR count). The molecule has 3 N–H and O–H groups in total. The van der Waals surface area contributed by atoms with Gasteiger partial charge in [-0.2, -0.15) is 11.3 Å². The normalized spacial score (nSPS) is 24.6. The Bertz CT molecular complexity index is 347. The Balaban J connectivity index is 2.13. The average Bonchev–Trinajstić information content (AvgIpc) is 2.67. The highest BCUT2D eigenvalue weighted by atomic mass is 79.9. The molecule has 1 aromatic heterocycles. The summed E-state index contributed by atoms with van der Waals surface area (Å²) in [5, 5.41) is 4.17. The molecule has 0 radical (unpaired) electrons. The van der Waals surface area contributed by atoms with Gasteiger partial charge in [0.15, 0.2) is 0 Å². The molecule has 6 heteroatoms. The Kier molecular flexibility index (Phi) is 4.34. The highest BCUT2D eigenvalue weighted by molar-refractivity contribution is 9.10. The van der Waals surface area contributed by atoms with Gasteiger partial charge in [0, 0.05) is 22.9 Å². The number of halogens is 1. The van der Waals surface area contributed by atoms with Gasteiger partial charge in [-0.05, 0) is 33.9 Å². The van der Waals surface area contributed by atoms with Crippen LogP contribution < -0.4 is 11.3 Å². The molecular formula is C10H16BrN3OS. The molecule has 4 nitrogen and oxygen atoms in total. The number of rotatable bonds is 3. The second kappa shape index (κ2) is 5.57. The maximum Gasteiger partial charge on any atom is 0.0910 e.